The molecule has 3 atom stereocenters. The Morgan fingerprint density at radius 3 is 2.96 bits per heavy atom. The molecule has 8 heteroatoms. The lowest BCUT2D eigenvalue weighted by atomic mass is 10.1. The summed E-state index contributed by atoms with van der Waals surface area (Å²) < 4.78 is 13.2. The fraction of sp³-hybridized carbons (Fsp3) is 0.611. The van der Waals surface area contributed by atoms with Crippen LogP contribution in [-0.2, 0) is 11.3 Å². The van der Waals surface area contributed by atoms with Gasteiger partial charge in [0.05, 0.1) is 25.4 Å². The molecule has 2 aromatic heterocycles. The Morgan fingerprint density at radius 1 is 1.27 bits per heavy atom. The molecular formula is C18H25N5O3. The van der Waals surface area contributed by atoms with Crippen LogP contribution in [-0.4, -0.2) is 56.3 Å². The lowest BCUT2D eigenvalue weighted by Gasteiger charge is -2.23. The second-order valence-electron chi connectivity index (χ2n) is 7.05. The summed E-state index contributed by atoms with van der Waals surface area (Å²) in [6.45, 7) is 2.28. The van der Waals surface area contributed by atoms with Crippen LogP contribution in [0.2, 0.25) is 0 Å². The molecule has 4 rings (SSSR count). The summed E-state index contributed by atoms with van der Waals surface area (Å²) in [6, 6.07) is 3.70. The topological polar surface area (TPSA) is 94.3 Å². The first-order valence-electron chi connectivity index (χ1n) is 9.25. The molecule has 1 saturated heterocycles. The Kier molecular flexibility index (Phi) is 5.31. The number of nitrogens with zero attached hydrogens (tertiary/aromatic N) is 4. The van der Waals surface area contributed by atoms with E-state index in [9.17, 15) is 5.11 Å². The fourth-order valence-corrected chi connectivity index (χ4v) is 3.73. The van der Waals surface area contributed by atoms with E-state index in [0.29, 0.717) is 17.6 Å². The largest absolute Gasteiger partial charge is 0.474 e. The monoisotopic (exact) mass is 359 g/mol. The lowest BCUT2D eigenvalue weighted by molar-refractivity contribution is 0.0237. The number of aliphatic hydroxyl groups is 1. The third kappa shape index (κ3) is 4.31. The van der Waals surface area contributed by atoms with Gasteiger partial charge in [-0.25, -0.2) is 9.97 Å². The molecule has 0 spiro atoms. The minimum Gasteiger partial charge on any atom is -0.474 e. The number of ether oxygens (including phenoxy) is 2. The summed E-state index contributed by atoms with van der Waals surface area (Å²) >= 11 is 0. The molecule has 0 amide bonds. The highest BCUT2D eigenvalue weighted by Gasteiger charge is 2.33. The smallest absolute Gasteiger partial charge is 0.218 e. The molecular weight excluding hydrogens is 334 g/mol. The van der Waals surface area contributed by atoms with E-state index in [0.717, 1.165) is 45.4 Å². The maximum absolute atomic E-state index is 10.4. The van der Waals surface area contributed by atoms with Gasteiger partial charge in [-0.15, -0.1) is 0 Å². The Morgan fingerprint density at radius 2 is 2.15 bits per heavy atom. The molecule has 1 aliphatic heterocycles. The average molecular weight is 359 g/mol. The fourth-order valence-electron chi connectivity index (χ4n) is 3.73. The third-order valence-electron chi connectivity index (χ3n) is 5.06. The van der Waals surface area contributed by atoms with Crippen LogP contribution in [0.3, 0.4) is 0 Å². The molecule has 2 aromatic rings. The maximum Gasteiger partial charge on any atom is 0.218 e. The van der Waals surface area contributed by atoms with Gasteiger partial charge in [-0.1, -0.05) is 0 Å². The quantitative estimate of drug-likeness (QED) is 0.807. The first kappa shape index (κ1) is 17.2. The van der Waals surface area contributed by atoms with Crippen LogP contribution < -0.4 is 10.1 Å². The Labute approximate surface area is 152 Å². The van der Waals surface area contributed by atoms with Gasteiger partial charge < -0.3 is 19.9 Å². The zero-order valence-corrected chi connectivity index (χ0v) is 14.7. The summed E-state index contributed by atoms with van der Waals surface area (Å²) in [5.74, 6) is 1.64. The van der Waals surface area contributed by atoms with Crippen molar-refractivity contribution in [2.24, 2.45) is 5.92 Å². The predicted octanol–water partition coefficient (Wildman–Crippen LogP) is 1.48. The van der Waals surface area contributed by atoms with Crippen LogP contribution in [0.4, 0.5) is 5.82 Å². The SMILES string of the molecule is O[C@@H]1CC(Cn2cccn2)C[C@H]1Nc1cc(OC2CCOCC2)ncn1. The van der Waals surface area contributed by atoms with Gasteiger partial charge in [0.15, 0.2) is 0 Å². The average Bonchev–Trinajstić information content (AvgIpc) is 3.27. The van der Waals surface area contributed by atoms with Crippen molar-refractivity contribution in [2.75, 3.05) is 18.5 Å². The molecule has 26 heavy (non-hydrogen) atoms. The summed E-state index contributed by atoms with van der Waals surface area (Å²) in [5.41, 5.74) is 0. The maximum atomic E-state index is 10.4. The van der Waals surface area contributed by atoms with Crippen molar-refractivity contribution in [3.8, 4) is 5.88 Å². The Balaban J connectivity index is 1.33. The van der Waals surface area contributed by atoms with E-state index in [1.54, 1.807) is 6.20 Å². The minimum absolute atomic E-state index is 0.0265. The summed E-state index contributed by atoms with van der Waals surface area (Å²) in [7, 11) is 0. The van der Waals surface area contributed by atoms with E-state index in [-0.39, 0.29) is 12.1 Å². The number of anilines is 1. The van der Waals surface area contributed by atoms with Crippen molar-refractivity contribution in [3.63, 3.8) is 0 Å². The molecule has 3 heterocycles. The zero-order chi connectivity index (χ0) is 17.8. The molecule has 2 N–H and O–H groups in total. The first-order chi connectivity index (χ1) is 12.8. The molecule has 140 valence electrons. The van der Waals surface area contributed by atoms with Gasteiger partial charge in [-0.2, -0.15) is 5.10 Å². The van der Waals surface area contributed by atoms with Gasteiger partial charge in [-0.05, 0) is 24.8 Å². The van der Waals surface area contributed by atoms with E-state index in [2.05, 4.69) is 20.4 Å². The van der Waals surface area contributed by atoms with Gasteiger partial charge >= 0.3 is 0 Å². The number of nitrogens with one attached hydrogen (secondary N) is 1. The molecule has 2 aliphatic rings. The molecule has 1 aliphatic carbocycles. The standard InChI is InChI=1S/C18H25N5O3/c24-16-9-13(11-23-5-1-4-21-23)8-15(16)22-17-10-18(20-12-19-17)26-14-2-6-25-7-3-14/h1,4-5,10,12-16,24H,2-3,6-9,11H2,(H,19,20,22)/t13?,15-,16-/m1/s1. The van der Waals surface area contributed by atoms with Crippen molar-refractivity contribution < 1.29 is 14.6 Å². The van der Waals surface area contributed by atoms with E-state index < -0.39 is 6.10 Å². The number of rotatable bonds is 6. The highest BCUT2D eigenvalue weighted by atomic mass is 16.5. The normalized spacial score (nSPS) is 26.7. The van der Waals surface area contributed by atoms with Crippen molar-refractivity contribution in [1.29, 1.82) is 0 Å². The lowest BCUT2D eigenvalue weighted by Crippen LogP contribution is -2.29. The number of hydrogen-bond donors (Lipinski definition) is 2. The highest BCUT2D eigenvalue weighted by Crippen LogP contribution is 2.30. The van der Waals surface area contributed by atoms with Crippen molar-refractivity contribution in [3.05, 3.63) is 30.9 Å². The molecule has 2 fully saturated rings. The van der Waals surface area contributed by atoms with Crippen LogP contribution >= 0.6 is 0 Å². The summed E-state index contributed by atoms with van der Waals surface area (Å²) in [6.07, 6.45) is 8.37. The third-order valence-corrected chi connectivity index (χ3v) is 5.06. The van der Waals surface area contributed by atoms with Crippen molar-refractivity contribution in [2.45, 2.75) is 50.5 Å². The molecule has 1 unspecified atom stereocenters. The summed E-state index contributed by atoms with van der Waals surface area (Å²) in [5, 5.41) is 18.0. The van der Waals surface area contributed by atoms with Crippen LogP contribution in [0, 0.1) is 5.92 Å². The van der Waals surface area contributed by atoms with Gasteiger partial charge in [-0.3, -0.25) is 4.68 Å². The number of aliphatic hydroxyl groups excluding tert-OH is 1. The number of aromatic nitrogens is 4. The van der Waals surface area contributed by atoms with E-state index in [1.165, 1.54) is 6.33 Å². The van der Waals surface area contributed by atoms with Gasteiger partial charge in [0.1, 0.15) is 18.2 Å². The van der Waals surface area contributed by atoms with Gasteiger partial charge in [0.25, 0.3) is 0 Å². The Bertz CT molecular complexity index is 690. The second-order valence-corrected chi connectivity index (χ2v) is 7.05. The van der Waals surface area contributed by atoms with Gasteiger partial charge in [0.2, 0.25) is 5.88 Å². The highest BCUT2D eigenvalue weighted by molar-refractivity contribution is 5.39. The zero-order valence-electron chi connectivity index (χ0n) is 14.7. The molecule has 0 aromatic carbocycles. The first-order valence-corrected chi connectivity index (χ1v) is 9.25. The van der Waals surface area contributed by atoms with Gasteiger partial charge in [0, 0.05) is 37.8 Å². The molecule has 0 bridgehead atoms. The summed E-state index contributed by atoms with van der Waals surface area (Å²) in [4.78, 5) is 8.48. The van der Waals surface area contributed by atoms with Crippen LogP contribution in [0.15, 0.2) is 30.9 Å². The van der Waals surface area contributed by atoms with Crippen LogP contribution in [0.1, 0.15) is 25.7 Å². The Hall–Kier alpha value is -2.19. The second kappa shape index (κ2) is 8.01. The molecule has 0 radical (unpaired) electrons. The minimum atomic E-state index is -0.398. The van der Waals surface area contributed by atoms with Crippen LogP contribution in [0.25, 0.3) is 0 Å². The van der Waals surface area contributed by atoms with E-state index in [1.807, 2.05) is 23.0 Å². The van der Waals surface area contributed by atoms with E-state index >= 15 is 0 Å². The molecule has 1 saturated carbocycles. The number of hydrogen-bond acceptors (Lipinski definition) is 7. The van der Waals surface area contributed by atoms with E-state index in [4.69, 9.17) is 9.47 Å². The van der Waals surface area contributed by atoms with Crippen LogP contribution in [0.5, 0.6) is 5.88 Å². The molecule has 8 nitrogen and oxygen atoms in total. The van der Waals surface area contributed by atoms with Crippen molar-refractivity contribution >= 4 is 5.82 Å². The predicted molar refractivity (Wildman–Crippen MR) is 94.9 cm³/mol. The van der Waals surface area contributed by atoms with Crippen molar-refractivity contribution in [1.82, 2.24) is 19.7 Å².